The lowest BCUT2D eigenvalue weighted by molar-refractivity contribution is 0.0376. The second-order valence-electron chi connectivity index (χ2n) is 7.89. The van der Waals surface area contributed by atoms with Crippen LogP contribution in [0.4, 0.5) is 5.13 Å². The summed E-state index contributed by atoms with van der Waals surface area (Å²) >= 11 is 1.55. The number of thiazole rings is 1. The first-order valence-electron chi connectivity index (χ1n) is 10.5. The zero-order valence-corrected chi connectivity index (χ0v) is 19.4. The lowest BCUT2D eigenvalue weighted by Crippen LogP contribution is -2.39. The molecule has 3 aromatic rings. The molecule has 0 N–H and O–H groups in total. The highest BCUT2D eigenvalue weighted by Gasteiger charge is 2.26. The summed E-state index contributed by atoms with van der Waals surface area (Å²) in [6.07, 6.45) is 2.56. The summed E-state index contributed by atoms with van der Waals surface area (Å²) in [5.41, 5.74) is 3.79. The molecule has 3 heterocycles. The Morgan fingerprint density at radius 2 is 2.00 bits per heavy atom. The largest absolute Gasteiger partial charge is 0.479 e. The first-order chi connectivity index (χ1) is 15.0. The molecule has 4 rings (SSSR count). The van der Waals surface area contributed by atoms with E-state index in [1.54, 1.807) is 34.2 Å². The normalized spacial score (nSPS) is 14.8. The van der Waals surface area contributed by atoms with Crippen molar-refractivity contribution in [1.82, 2.24) is 19.7 Å². The molecule has 1 aliphatic rings. The number of anilines is 1. The van der Waals surface area contributed by atoms with Gasteiger partial charge in [0.2, 0.25) is 5.88 Å². The number of carbonyl (C=O) groups is 1. The fraction of sp³-hybridized carbons (Fsp3) is 0.500. The number of carbonyl (C=O) groups excluding carboxylic acids is 1. The number of amides is 1. The Kier molecular flexibility index (Phi) is 6.54. The molecule has 2 aromatic heterocycles. The molecule has 1 fully saturated rings. The van der Waals surface area contributed by atoms with Gasteiger partial charge in [-0.1, -0.05) is 11.3 Å². The maximum Gasteiger partial charge on any atom is 0.267 e. The molecule has 1 amide bonds. The van der Waals surface area contributed by atoms with Crippen LogP contribution in [0.3, 0.4) is 0 Å². The van der Waals surface area contributed by atoms with Gasteiger partial charge in [-0.15, -0.1) is 5.10 Å². The number of benzene rings is 1. The second-order valence-corrected chi connectivity index (χ2v) is 8.90. The molecule has 0 radical (unpaired) electrons. The van der Waals surface area contributed by atoms with Crippen LogP contribution in [0.25, 0.3) is 10.2 Å². The van der Waals surface area contributed by atoms with Crippen molar-refractivity contribution < 1.29 is 14.3 Å². The van der Waals surface area contributed by atoms with Crippen molar-refractivity contribution in [3.05, 3.63) is 35.0 Å². The van der Waals surface area contributed by atoms with Gasteiger partial charge in [0.25, 0.3) is 5.91 Å². The number of rotatable bonds is 7. The Hall–Kier alpha value is -2.49. The fourth-order valence-electron chi connectivity index (χ4n) is 3.76. The van der Waals surface area contributed by atoms with Crippen molar-refractivity contribution >= 4 is 32.6 Å². The maximum atomic E-state index is 13.6. The van der Waals surface area contributed by atoms with E-state index in [2.05, 4.69) is 36.0 Å². The molecule has 0 saturated carbocycles. The van der Waals surface area contributed by atoms with Crippen LogP contribution in [0.5, 0.6) is 5.88 Å². The molecule has 0 bridgehead atoms. The van der Waals surface area contributed by atoms with E-state index in [1.165, 1.54) is 18.2 Å². The van der Waals surface area contributed by atoms with Crippen molar-refractivity contribution in [3.63, 3.8) is 0 Å². The third-order valence-electron chi connectivity index (χ3n) is 5.65. The molecular formula is C22H29N5O3S. The number of hydrogen-bond donors (Lipinski definition) is 0. The molecule has 31 heavy (non-hydrogen) atoms. The van der Waals surface area contributed by atoms with Crippen molar-refractivity contribution in [3.8, 4) is 5.88 Å². The number of morpholine rings is 1. The Balaban J connectivity index is 1.62. The van der Waals surface area contributed by atoms with Crippen LogP contribution in [-0.2, 0) is 11.8 Å². The predicted octanol–water partition coefficient (Wildman–Crippen LogP) is 3.02. The van der Waals surface area contributed by atoms with E-state index in [1.807, 2.05) is 0 Å². The Bertz CT molecular complexity index is 1030. The smallest absolute Gasteiger partial charge is 0.267 e. The molecule has 1 aromatic carbocycles. The Morgan fingerprint density at radius 1 is 1.26 bits per heavy atom. The van der Waals surface area contributed by atoms with Crippen molar-refractivity contribution in [2.45, 2.75) is 20.3 Å². The average molecular weight is 444 g/mol. The first kappa shape index (κ1) is 21.7. The van der Waals surface area contributed by atoms with Crippen LogP contribution in [0.15, 0.2) is 18.3 Å². The van der Waals surface area contributed by atoms with Gasteiger partial charge in [0.1, 0.15) is 5.56 Å². The minimum Gasteiger partial charge on any atom is -0.479 e. The molecular weight excluding hydrogens is 414 g/mol. The van der Waals surface area contributed by atoms with Gasteiger partial charge < -0.3 is 9.47 Å². The van der Waals surface area contributed by atoms with Crippen LogP contribution >= 0.6 is 11.3 Å². The van der Waals surface area contributed by atoms with Gasteiger partial charge in [0.05, 0.1) is 30.5 Å². The highest BCUT2D eigenvalue weighted by atomic mass is 32.1. The van der Waals surface area contributed by atoms with Crippen LogP contribution in [-0.4, -0.2) is 72.1 Å². The summed E-state index contributed by atoms with van der Waals surface area (Å²) in [4.78, 5) is 22.5. The number of fused-ring (bicyclic) bond motifs is 1. The van der Waals surface area contributed by atoms with Crippen molar-refractivity contribution in [2.24, 2.45) is 7.05 Å². The van der Waals surface area contributed by atoms with Gasteiger partial charge in [0, 0.05) is 39.4 Å². The van der Waals surface area contributed by atoms with Gasteiger partial charge in [-0.2, -0.15) is 0 Å². The van der Waals surface area contributed by atoms with E-state index in [0.29, 0.717) is 23.1 Å². The number of aryl methyl sites for hydroxylation is 3. The molecule has 0 spiro atoms. The highest BCUT2D eigenvalue weighted by molar-refractivity contribution is 7.22. The quantitative estimate of drug-likeness (QED) is 0.559. The van der Waals surface area contributed by atoms with E-state index in [9.17, 15) is 4.79 Å². The van der Waals surface area contributed by atoms with E-state index in [-0.39, 0.29) is 5.91 Å². The Labute approximate surface area is 186 Å². The van der Waals surface area contributed by atoms with E-state index >= 15 is 0 Å². The summed E-state index contributed by atoms with van der Waals surface area (Å²) in [5, 5.41) is 4.96. The molecule has 8 nitrogen and oxygen atoms in total. The maximum absolute atomic E-state index is 13.6. The second kappa shape index (κ2) is 9.33. The molecule has 9 heteroatoms. The van der Waals surface area contributed by atoms with Crippen molar-refractivity contribution in [1.29, 1.82) is 0 Å². The van der Waals surface area contributed by atoms with Gasteiger partial charge in [-0.3, -0.25) is 19.3 Å². The summed E-state index contributed by atoms with van der Waals surface area (Å²) in [7, 11) is 3.32. The summed E-state index contributed by atoms with van der Waals surface area (Å²) in [6, 6.07) is 4.23. The molecule has 1 aliphatic heterocycles. The van der Waals surface area contributed by atoms with Crippen LogP contribution < -0.4 is 9.64 Å². The minimum atomic E-state index is -0.139. The standard InChI is InChI=1S/C22H29N5O3S/c1-15-12-18-19(13-16(15)2)31-22(23-18)27(7-5-6-26-8-10-30-11-9-26)21(28)17-14-25(3)24-20(17)29-4/h12-14H,5-11H2,1-4H3. The third kappa shape index (κ3) is 4.73. The number of aromatic nitrogens is 3. The lowest BCUT2D eigenvalue weighted by Gasteiger charge is -2.27. The molecule has 0 aliphatic carbocycles. The monoisotopic (exact) mass is 443 g/mol. The van der Waals surface area contributed by atoms with Gasteiger partial charge >= 0.3 is 0 Å². The zero-order valence-electron chi connectivity index (χ0n) is 18.6. The SMILES string of the molecule is COc1nn(C)cc1C(=O)N(CCCN1CCOCC1)c1nc2cc(C)c(C)cc2s1. The van der Waals surface area contributed by atoms with Crippen LogP contribution in [0.1, 0.15) is 27.9 Å². The topological polar surface area (TPSA) is 72.7 Å². The molecule has 1 saturated heterocycles. The fourth-order valence-corrected chi connectivity index (χ4v) is 4.83. The number of ether oxygens (including phenoxy) is 2. The minimum absolute atomic E-state index is 0.139. The predicted molar refractivity (Wildman–Crippen MR) is 122 cm³/mol. The Morgan fingerprint density at radius 3 is 2.74 bits per heavy atom. The lowest BCUT2D eigenvalue weighted by atomic mass is 10.1. The van der Waals surface area contributed by atoms with Crippen molar-refractivity contribution in [2.75, 3.05) is 51.4 Å². The third-order valence-corrected chi connectivity index (χ3v) is 6.69. The summed E-state index contributed by atoms with van der Waals surface area (Å²) < 4.78 is 13.5. The van der Waals surface area contributed by atoms with Crippen LogP contribution in [0, 0.1) is 13.8 Å². The average Bonchev–Trinajstić information content (AvgIpc) is 3.34. The summed E-state index contributed by atoms with van der Waals surface area (Å²) in [5.74, 6) is 0.193. The molecule has 0 atom stereocenters. The van der Waals surface area contributed by atoms with Gasteiger partial charge in [0.15, 0.2) is 5.13 Å². The zero-order chi connectivity index (χ0) is 22.0. The molecule has 0 unspecified atom stereocenters. The van der Waals surface area contributed by atoms with E-state index in [4.69, 9.17) is 14.5 Å². The molecule has 166 valence electrons. The van der Waals surface area contributed by atoms with Crippen LogP contribution in [0.2, 0.25) is 0 Å². The first-order valence-corrected chi connectivity index (χ1v) is 11.4. The number of nitrogens with zero attached hydrogens (tertiary/aromatic N) is 5. The van der Waals surface area contributed by atoms with Gasteiger partial charge in [-0.25, -0.2) is 4.98 Å². The number of methoxy groups -OCH3 is 1. The summed E-state index contributed by atoms with van der Waals surface area (Å²) in [6.45, 7) is 9.08. The number of hydrogen-bond acceptors (Lipinski definition) is 7. The van der Waals surface area contributed by atoms with Gasteiger partial charge in [-0.05, 0) is 43.5 Å². The highest BCUT2D eigenvalue weighted by Crippen LogP contribution is 2.32. The van der Waals surface area contributed by atoms with E-state index in [0.717, 1.165) is 49.5 Å². The van der Waals surface area contributed by atoms with E-state index < -0.39 is 0 Å².